The summed E-state index contributed by atoms with van der Waals surface area (Å²) in [5, 5.41) is 79.0. The normalized spacial score (nSPS) is 13.7. The van der Waals surface area contributed by atoms with E-state index in [1.165, 1.54) is 32.8 Å². The first kappa shape index (κ1) is 53.5. The number of carbonyl (C=O) groups excluding carboxylic acids is 6. The Bertz CT molecular complexity index is 1920. The number of carbonyl (C=O) groups is 6. The molecule has 0 radical (unpaired) electrons. The maximum Gasteiger partial charge on any atom is 0.257 e. The summed E-state index contributed by atoms with van der Waals surface area (Å²) in [5.41, 5.74) is -0.103. The molecule has 0 aliphatic rings. The number of anilines is 2. The van der Waals surface area contributed by atoms with Crippen molar-refractivity contribution in [3.05, 3.63) is 43.7 Å². The monoisotopic (exact) mass is 1490 g/mol. The fraction of sp³-hybridized carbons (Fsp3) is 0.455. The van der Waals surface area contributed by atoms with Crippen molar-refractivity contribution in [1.82, 2.24) is 20.4 Å². The van der Waals surface area contributed by atoms with Crippen LogP contribution in [0.5, 0.6) is 0 Å². The van der Waals surface area contributed by atoms with E-state index in [9.17, 15) is 64.5 Å². The first-order valence-electron chi connectivity index (χ1n) is 16.7. The molecule has 0 spiro atoms. The van der Waals surface area contributed by atoms with Crippen molar-refractivity contribution in [3.8, 4) is 0 Å². The van der Waals surface area contributed by atoms with Crippen molar-refractivity contribution in [2.24, 2.45) is 0 Å². The number of aliphatic hydroxyl groups excluding tert-OH is 7. The molecule has 0 heterocycles. The van der Waals surface area contributed by atoms with Gasteiger partial charge in [0, 0.05) is 47.3 Å². The van der Waals surface area contributed by atoms with Crippen LogP contribution in [0.25, 0.3) is 0 Å². The van der Waals surface area contributed by atoms with E-state index in [1.54, 1.807) is 90.4 Å². The number of nitrogens with zero attached hydrogens (tertiary/aromatic N) is 2. The lowest BCUT2D eigenvalue weighted by molar-refractivity contribution is -0.123. The molecule has 0 aromatic heterocycles. The summed E-state index contributed by atoms with van der Waals surface area (Å²) >= 11 is 10.8. The van der Waals surface area contributed by atoms with E-state index >= 15 is 0 Å². The number of hydrogen-bond acceptors (Lipinski definition) is 13. The van der Waals surface area contributed by atoms with E-state index < -0.39 is 79.3 Å². The van der Waals surface area contributed by atoms with Crippen molar-refractivity contribution in [2.75, 3.05) is 57.6 Å². The zero-order valence-electron chi connectivity index (χ0n) is 30.9. The van der Waals surface area contributed by atoms with Crippen LogP contribution < -0.4 is 21.3 Å². The van der Waals surface area contributed by atoms with Crippen molar-refractivity contribution in [1.29, 1.82) is 0 Å². The summed E-state index contributed by atoms with van der Waals surface area (Å²) in [6.07, 6.45) is -7.19. The molecule has 2 aromatic carbocycles. The lowest BCUT2D eigenvalue weighted by atomic mass is 10.1. The Morgan fingerprint density at radius 3 is 1.26 bits per heavy atom. The molecule has 0 bridgehead atoms. The average Bonchev–Trinajstić information content (AvgIpc) is 3.17. The van der Waals surface area contributed by atoms with E-state index in [0.717, 1.165) is 4.90 Å². The van der Waals surface area contributed by atoms with Crippen LogP contribution in [0.4, 0.5) is 11.4 Å². The van der Waals surface area contributed by atoms with Gasteiger partial charge >= 0.3 is 0 Å². The fourth-order valence-corrected chi connectivity index (χ4v) is 13.4. The Labute approximate surface area is 414 Å². The van der Waals surface area contributed by atoms with Gasteiger partial charge in [-0.3, -0.25) is 28.8 Å². The van der Waals surface area contributed by atoms with E-state index in [0.29, 0.717) is 0 Å². The molecule has 0 aliphatic carbocycles. The van der Waals surface area contributed by atoms with Gasteiger partial charge in [0.1, 0.15) is 18.4 Å². The average molecular weight is 1490 g/mol. The number of hydrogen-bond donors (Lipinski definition) is 11. The molecule has 0 saturated heterocycles. The predicted molar refractivity (Wildman–Crippen MR) is 260 cm³/mol. The molecule has 0 fully saturated rings. The van der Waals surface area contributed by atoms with Crippen LogP contribution in [-0.4, -0.2) is 159 Å². The Morgan fingerprint density at radius 2 is 0.914 bits per heavy atom. The number of nitrogens with one attached hydrogen (secondary N) is 4. The summed E-state index contributed by atoms with van der Waals surface area (Å²) < 4.78 is 1.13. The van der Waals surface area contributed by atoms with E-state index in [-0.39, 0.29) is 81.1 Å². The van der Waals surface area contributed by atoms with Gasteiger partial charge in [-0.1, -0.05) is 0 Å². The summed E-state index contributed by atoms with van der Waals surface area (Å²) in [6.45, 7) is 0.382. The summed E-state index contributed by atoms with van der Waals surface area (Å²) in [6, 6.07) is 0. The van der Waals surface area contributed by atoms with Gasteiger partial charge in [-0.15, -0.1) is 0 Å². The van der Waals surface area contributed by atoms with Crippen LogP contribution in [0, 0.1) is 21.4 Å². The highest BCUT2D eigenvalue weighted by molar-refractivity contribution is 14.1. The molecule has 2 rings (SSSR count). The van der Waals surface area contributed by atoms with E-state index in [1.807, 2.05) is 45.2 Å². The molecule has 5 atom stereocenters. The zero-order valence-corrected chi connectivity index (χ0v) is 43.8. The lowest BCUT2D eigenvalue weighted by Gasteiger charge is -2.28. The largest absolute Gasteiger partial charge is 0.394 e. The van der Waals surface area contributed by atoms with E-state index in [2.05, 4.69) is 21.3 Å². The summed E-state index contributed by atoms with van der Waals surface area (Å²) in [7, 11) is 2.69. The number of benzene rings is 2. The molecule has 25 heteroatoms. The number of amides is 6. The highest BCUT2D eigenvalue weighted by Gasteiger charge is 2.34. The third kappa shape index (κ3) is 13.4. The molecule has 58 heavy (non-hydrogen) atoms. The molecule has 11 N–H and O–H groups in total. The second-order valence-electron chi connectivity index (χ2n) is 12.5. The Kier molecular flexibility index (Phi) is 22.4. The lowest BCUT2D eigenvalue weighted by Crippen LogP contribution is -2.41. The topological polar surface area (TPSA) is 299 Å². The summed E-state index contributed by atoms with van der Waals surface area (Å²) in [4.78, 5) is 82.2. The van der Waals surface area contributed by atoms with Gasteiger partial charge in [0.25, 0.3) is 35.4 Å². The Morgan fingerprint density at radius 1 is 0.569 bits per heavy atom. The highest BCUT2D eigenvalue weighted by atomic mass is 127. The molecule has 19 nitrogen and oxygen atoms in total. The molecule has 0 saturated carbocycles. The van der Waals surface area contributed by atoms with Gasteiger partial charge in [0.2, 0.25) is 0 Å². The third-order valence-corrected chi connectivity index (χ3v) is 14.5. The second kappa shape index (κ2) is 24.3. The number of rotatable bonds is 18. The molecule has 6 amide bonds. The third-order valence-electron chi connectivity index (χ3n) is 8.03. The van der Waals surface area contributed by atoms with Gasteiger partial charge in [-0.05, 0) is 149 Å². The molecule has 0 aliphatic heterocycles. The molecular weight excluding hydrogens is 1450 g/mol. The minimum absolute atomic E-state index is 0.0103. The summed E-state index contributed by atoms with van der Waals surface area (Å²) in [5.74, 6) is -4.56. The van der Waals surface area contributed by atoms with Crippen LogP contribution in [0.3, 0.4) is 0 Å². The maximum atomic E-state index is 14.1. The van der Waals surface area contributed by atoms with Crippen LogP contribution in [0.1, 0.15) is 61.7 Å². The fourth-order valence-electron chi connectivity index (χ4n) is 4.61. The van der Waals surface area contributed by atoms with Crippen LogP contribution in [-0.2, 0) is 9.59 Å². The highest BCUT2D eigenvalue weighted by Crippen LogP contribution is 2.38. The molecular formula is C33H40I6N6O13. The van der Waals surface area contributed by atoms with Crippen molar-refractivity contribution < 1.29 is 64.5 Å². The Balaban J connectivity index is 2.53. The van der Waals surface area contributed by atoms with Crippen LogP contribution in [0.15, 0.2) is 0 Å². The van der Waals surface area contributed by atoms with Gasteiger partial charge in [0.05, 0.1) is 73.3 Å². The zero-order chi connectivity index (χ0) is 44.5. The van der Waals surface area contributed by atoms with Gasteiger partial charge < -0.3 is 66.8 Å². The SMILES string of the molecule is C[C@H](O)C(=O)Nc1c(I)c(C(=O)NCC(O)CO)c(I)c(C(=O)N(C)CCC(O)N(C)C(=O)c2c(I)c(NC(=O)[C@H](C)O)c(I)c(C(=O)NCC(O)CO)c2I)c1I. The van der Waals surface area contributed by atoms with Crippen LogP contribution >= 0.6 is 136 Å². The number of aliphatic hydroxyl groups is 7. The van der Waals surface area contributed by atoms with Crippen LogP contribution in [0.2, 0.25) is 0 Å². The second-order valence-corrected chi connectivity index (χ2v) is 18.9. The maximum absolute atomic E-state index is 14.1. The smallest absolute Gasteiger partial charge is 0.257 e. The quantitative estimate of drug-likeness (QED) is 0.0724. The van der Waals surface area contributed by atoms with Crippen molar-refractivity contribution in [2.45, 2.75) is 50.9 Å². The van der Waals surface area contributed by atoms with Gasteiger partial charge in [-0.2, -0.15) is 0 Å². The van der Waals surface area contributed by atoms with Gasteiger partial charge in [-0.25, -0.2) is 0 Å². The first-order chi connectivity index (χ1) is 26.9. The molecule has 2 aromatic rings. The predicted octanol–water partition coefficient (Wildman–Crippen LogP) is 0.671. The van der Waals surface area contributed by atoms with E-state index in [4.69, 9.17) is 0 Å². The van der Waals surface area contributed by atoms with Crippen molar-refractivity contribution in [3.63, 3.8) is 0 Å². The molecule has 3 unspecified atom stereocenters. The first-order valence-corrected chi connectivity index (χ1v) is 23.2. The molecule has 322 valence electrons. The van der Waals surface area contributed by atoms with Gasteiger partial charge in [0.15, 0.2) is 0 Å². The minimum atomic E-state index is -1.53. The number of halogens is 6. The van der Waals surface area contributed by atoms with Crippen molar-refractivity contribution >= 4 is 182 Å². The Hall–Kier alpha value is -0.640. The standard InChI is InChI=1S/C33H40I6N6O13/c1-11(48)28(53)42-26-22(36)16(30(55)40-7-13(50)9-46)20(34)18(24(26)38)32(57)44(3)6-5-15(52)45(4)33(58)19-21(35)17(31(56)41-8-14(51)10-47)23(37)27(25(19)39)43-29(54)12(2)49/h11-15,46-52H,5-10H2,1-4H3,(H,40,55)(H,41,56)(H,42,53)(H,43,54)/t11-,12-,13?,14?,15?/m0/s1. The minimum Gasteiger partial charge on any atom is -0.394 e.